The van der Waals surface area contributed by atoms with Crippen LogP contribution < -0.4 is 29.7 Å². The number of carbonyl (C=O) groups is 2. The standard InChI is InChI=1S/C28H29N3O6/c1-18(2)26(30-27(32)21-10-12-23-25(14-21)37-17-36-23)28(33)31-29-15-20-9-11-22(24(13-20)34-3)35-16-19-7-5-4-6-8-19/h4-15,18,26H,16-17H2,1-3H3,(H,30,32)(H,31,33). The molecule has 1 unspecified atom stereocenters. The Hall–Kier alpha value is -4.53. The lowest BCUT2D eigenvalue weighted by molar-refractivity contribution is -0.123. The minimum Gasteiger partial charge on any atom is -0.493 e. The number of hydrogen-bond donors (Lipinski definition) is 2. The quantitative estimate of drug-likeness (QED) is 0.321. The van der Waals surface area contributed by atoms with Gasteiger partial charge in [-0.15, -0.1) is 0 Å². The summed E-state index contributed by atoms with van der Waals surface area (Å²) in [5, 5.41) is 6.83. The summed E-state index contributed by atoms with van der Waals surface area (Å²) in [4.78, 5) is 25.6. The molecular formula is C28H29N3O6. The Morgan fingerprint density at radius 2 is 1.78 bits per heavy atom. The van der Waals surface area contributed by atoms with Crippen molar-refractivity contribution in [3.8, 4) is 23.0 Å². The van der Waals surface area contributed by atoms with E-state index in [-0.39, 0.29) is 12.7 Å². The van der Waals surface area contributed by atoms with Gasteiger partial charge in [-0.05, 0) is 53.4 Å². The third-order valence-electron chi connectivity index (χ3n) is 5.68. The first kappa shape index (κ1) is 25.6. The van der Waals surface area contributed by atoms with E-state index in [2.05, 4.69) is 15.8 Å². The van der Waals surface area contributed by atoms with E-state index in [0.29, 0.717) is 40.7 Å². The molecule has 3 aromatic rings. The fourth-order valence-corrected chi connectivity index (χ4v) is 3.66. The Bertz CT molecular complexity index is 1280. The molecule has 9 nitrogen and oxygen atoms in total. The van der Waals surface area contributed by atoms with E-state index in [1.165, 1.54) is 6.21 Å². The lowest BCUT2D eigenvalue weighted by Gasteiger charge is -2.20. The van der Waals surface area contributed by atoms with Gasteiger partial charge in [-0.3, -0.25) is 9.59 Å². The number of ether oxygens (including phenoxy) is 4. The number of hydrazone groups is 1. The Morgan fingerprint density at radius 1 is 1.00 bits per heavy atom. The second-order valence-corrected chi connectivity index (χ2v) is 8.68. The molecule has 4 rings (SSSR count). The molecule has 9 heteroatoms. The van der Waals surface area contributed by atoms with Gasteiger partial charge >= 0.3 is 0 Å². The Labute approximate surface area is 215 Å². The molecule has 0 saturated carbocycles. The number of methoxy groups -OCH3 is 1. The van der Waals surface area contributed by atoms with Gasteiger partial charge in [0.1, 0.15) is 12.6 Å². The maximum Gasteiger partial charge on any atom is 0.262 e. The third-order valence-corrected chi connectivity index (χ3v) is 5.68. The predicted octanol–water partition coefficient (Wildman–Crippen LogP) is 3.91. The van der Waals surface area contributed by atoms with Crippen molar-refractivity contribution >= 4 is 18.0 Å². The average Bonchev–Trinajstić information content (AvgIpc) is 3.39. The van der Waals surface area contributed by atoms with Crippen molar-refractivity contribution in [2.75, 3.05) is 13.9 Å². The van der Waals surface area contributed by atoms with Crippen molar-refractivity contribution in [2.45, 2.75) is 26.5 Å². The van der Waals surface area contributed by atoms with Crippen LogP contribution in [0.1, 0.15) is 35.3 Å². The smallest absolute Gasteiger partial charge is 0.262 e. The first-order valence-electron chi connectivity index (χ1n) is 11.8. The maximum absolute atomic E-state index is 12.8. The number of rotatable bonds is 10. The van der Waals surface area contributed by atoms with Crippen LogP contribution in [0.3, 0.4) is 0 Å². The molecule has 0 saturated heterocycles. The van der Waals surface area contributed by atoms with Crippen molar-refractivity contribution in [1.29, 1.82) is 0 Å². The first-order valence-corrected chi connectivity index (χ1v) is 11.8. The van der Waals surface area contributed by atoms with Gasteiger partial charge in [0.15, 0.2) is 23.0 Å². The van der Waals surface area contributed by atoms with Gasteiger partial charge in [-0.25, -0.2) is 5.43 Å². The van der Waals surface area contributed by atoms with Crippen LogP contribution in [0.4, 0.5) is 0 Å². The van der Waals surface area contributed by atoms with E-state index in [1.54, 1.807) is 43.5 Å². The summed E-state index contributed by atoms with van der Waals surface area (Å²) in [5.41, 5.74) is 4.63. The summed E-state index contributed by atoms with van der Waals surface area (Å²) in [6, 6.07) is 19.3. The van der Waals surface area contributed by atoms with E-state index in [4.69, 9.17) is 18.9 Å². The SMILES string of the molecule is COc1cc(C=NNC(=O)C(NC(=O)c2ccc3c(c2)OCO3)C(C)C)ccc1OCc1ccccc1. The number of nitrogens with one attached hydrogen (secondary N) is 2. The van der Waals surface area contributed by atoms with Crippen LogP contribution in [0.15, 0.2) is 71.8 Å². The van der Waals surface area contributed by atoms with E-state index in [9.17, 15) is 9.59 Å². The van der Waals surface area contributed by atoms with Crippen LogP contribution in [0.5, 0.6) is 23.0 Å². The summed E-state index contributed by atoms with van der Waals surface area (Å²) in [5.74, 6) is 1.21. The van der Waals surface area contributed by atoms with Gasteiger partial charge in [-0.2, -0.15) is 5.10 Å². The number of benzene rings is 3. The fourth-order valence-electron chi connectivity index (χ4n) is 3.66. The highest BCUT2D eigenvalue weighted by Gasteiger charge is 2.25. The van der Waals surface area contributed by atoms with Crippen LogP contribution in [-0.2, 0) is 11.4 Å². The second kappa shape index (κ2) is 11.9. The summed E-state index contributed by atoms with van der Waals surface area (Å²) in [6.45, 7) is 4.21. The van der Waals surface area contributed by atoms with Crippen LogP contribution in [0.25, 0.3) is 0 Å². The molecule has 37 heavy (non-hydrogen) atoms. The topological polar surface area (TPSA) is 107 Å². The predicted molar refractivity (Wildman–Crippen MR) is 138 cm³/mol. The normalized spacial score (nSPS) is 12.9. The summed E-state index contributed by atoms with van der Waals surface area (Å²) < 4.78 is 21.9. The zero-order valence-electron chi connectivity index (χ0n) is 20.9. The molecule has 0 spiro atoms. The van der Waals surface area contributed by atoms with Crippen molar-refractivity contribution in [3.05, 3.63) is 83.4 Å². The Kier molecular flexibility index (Phi) is 8.25. The molecule has 1 aliphatic heterocycles. The fraction of sp³-hybridized carbons (Fsp3) is 0.250. The number of fused-ring (bicyclic) bond motifs is 1. The number of nitrogens with zero attached hydrogens (tertiary/aromatic N) is 1. The molecule has 0 radical (unpaired) electrons. The molecule has 2 amide bonds. The highest BCUT2D eigenvalue weighted by Crippen LogP contribution is 2.32. The number of amides is 2. The van der Waals surface area contributed by atoms with Gasteiger partial charge in [0.05, 0.1) is 13.3 Å². The van der Waals surface area contributed by atoms with Crippen molar-refractivity contribution < 1.29 is 28.5 Å². The maximum atomic E-state index is 12.8. The Morgan fingerprint density at radius 3 is 2.54 bits per heavy atom. The molecule has 3 aromatic carbocycles. The lowest BCUT2D eigenvalue weighted by Crippen LogP contribution is -2.48. The van der Waals surface area contributed by atoms with E-state index < -0.39 is 17.9 Å². The molecule has 1 heterocycles. The average molecular weight is 504 g/mol. The third kappa shape index (κ3) is 6.58. The number of carbonyl (C=O) groups excluding carboxylic acids is 2. The van der Waals surface area contributed by atoms with Crippen molar-refractivity contribution in [2.24, 2.45) is 11.0 Å². The van der Waals surface area contributed by atoms with Crippen molar-refractivity contribution in [3.63, 3.8) is 0 Å². The minimum absolute atomic E-state index is 0.116. The largest absolute Gasteiger partial charge is 0.493 e. The van der Waals surface area contributed by atoms with E-state index in [0.717, 1.165) is 5.56 Å². The van der Waals surface area contributed by atoms with Crippen LogP contribution in [0, 0.1) is 5.92 Å². The van der Waals surface area contributed by atoms with Crippen LogP contribution in [-0.4, -0.2) is 38.0 Å². The van der Waals surface area contributed by atoms with Gasteiger partial charge < -0.3 is 24.3 Å². The summed E-state index contributed by atoms with van der Waals surface area (Å²) >= 11 is 0. The van der Waals surface area contributed by atoms with Crippen LogP contribution in [0.2, 0.25) is 0 Å². The van der Waals surface area contributed by atoms with E-state index >= 15 is 0 Å². The van der Waals surface area contributed by atoms with Gasteiger partial charge in [0.25, 0.3) is 11.8 Å². The monoisotopic (exact) mass is 503 g/mol. The molecule has 192 valence electrons. The summed E-state index contributed by atoms with van der Waals surface area (Å²) in [7, 11) is 1.56. The van der Waals surface area contributed by atoms with Crippen LogP contribution >= 0.6 is 0 Å². The van der Waals surface area contributed by atoms with Gasteiger partial charge in [0.2, 0.25) is 6.79 Å². The lowest BCUT2D eigenvalue weighted by atomic mass is 10.0. The molecule has 0 aromatic heterocycles. The molecule has 0 bridgehead atoms. The van der Waals surface area contributed by atoms with E-state index in [1.807, 2.05) is 44.2 Å². The molecule has 0 fully saturated rings. The second-order valence-electron chi connectivity index (χ2n) is 8.68. The zero-order chi connectivity index (χ0) is 26.2. The molecule has 1 aliphatic rings. The number of hydrogen-bond acceptors (Lipinski definition) is 7. The molecule has 2 N–H and O–H groups in total. The molecule has 1 atom stereocenters. The highest BCUT2D eigenvalue weighted by molar-refractivity contribution is 5.98. The zero-order valence-corrected chi connectivity index (χ0v) is 20.9. The first-order chi connectivity index (χ1) is 17.9. The highest BCUT2D eigenvalue weighted by atomic mass is 16.7. The molecular weight excluding hydrogens is 474 g/mol. The van der Waals surface area contributed by atoms with Crippen molar-refractivity contribution in [1.82, 2.24) is 10.7 Å². The summed E-state index contributed by atoms with van der Waals surface area (Å²) in [6.07, 6.45) is 1.50. The Balaban J connectivity index is 1.35. The van der Waals surface area contributed by atoms with Gasteiger partial charge in [-0.1, -0.05) is 44.2 Å². The van der Waals surface area contributed by atoms with Gasteiger partial charge in [0, 0.05) is 5.56 Å². The molecule has 0 aliphatic carbocycles. The minimum atomic E-state index is -0.793.